The molecule has 19 heavy (non-hydrogen) atoms. The van der Waals surface area contributed by atoms with Crippen LogP contribution in [0.1, 0.15) is 59.8 Å². The quantitative estimate of drug-likeness (QED) is 0.742. The molecule has 0 radical (unpaired) electrons. The molecule has 108 valence electrons. The minimum Gasteiger partial charge on any atom is -0.458 e. The van der Waals surface area contributed by atoms with Gasteiger partial charge in [-0.3, -0.25) is 4.79 Å². The molecule has 4 saturated carbocycles. The highest BCUT2D eigenvalue weighted by molar-refractivity contribution is 5.76. The van der Waals surface area contributed by atoms with E-state index in [1.54, 1.807) is 0 Å². The van der Waals surface area contributed by atoms with Crippen molar-refractivity contribution in [1.29, 1.82) is 0 Å². The number of hydrogen-bond acceptors (Lipinski definition) is 3. The van der Waals surface area contributed by atoms with Gasteiger partial charge in [0, 0.05) is 5.92 Å². The van der Waals surface area contributed by atoms with Crippen LogP contribution in [0, 0.1) is 23.2 Å². The minimum absolute atomic E-state index is 0.0686. The number of ether oxygens (including phenoxy) is 1. The molecular weight excluding hydrogens is 240 g/mol. The molecule has 0 aliphatic heterocycles. The summed E-state index contributed by atoms with van der Waals surface area (Å²) in [4.78, 5) is 12.3. The van der Waals surface area contributed by atoms with Gasteiger partial charge in [0.15, 0.2) is 0 Å². The first-order valence-corrected chi connectivity index (χ1v) is 7.60. The molecule has 4 aliphatic carbocycles. The Labute approximate surface area is 115 Å². The van der Waals surface area contributed by atoms with Crippen LogP contribution in [0.2, 0.25) is 0 Å². The van der Waals surface area contributed by atoms with Gasteiger partial charge >= 0.3 is 5.97 Å². The standard InChI is InChI=1S/C16H26O3/c1-10-15(18)6-11-5-12(7-15)9-16(10,8-11)19-13(17)14(2,3)4/h10-12,18H,5-9H2,1-4H3. The number of carbonyl (C=O) groups excluding carboxylic acids is 1. The topological polar surface area (TPSA) is 46.5 Å². The zero-order valence-electron chi connectivity index (χ0n) is 12.5. The number of rotatable bonds is 1. The summed E-state index contributed by atoms with van der Waals surface area (Å²) < 4.78 is 5.99. The van der Waals surface area contributed by atoms with Crippen LogP contribution in [0.5, 0.6) is 0 Å². The molecule has 4 bridgehead atoms. The van der Waals surface area contributed by atoms with Crippen LogP contribution >= 0.6 is 0 Å². The van der Waals surface area contributed by atoms with Crippen LogP contribution in [-0.2, 0) is 9.53 Å². The van der Waals surface area contributed by atoms with Gasteiger partial charge in [-0.05, 0) is 64.7 Å². The Hall–Kier alpha value is -0.570. The van der Waals surface area contributed by atoms with Crippen molar-refractivity contribution in [2.75, 3.05) is 0 Å². The summed E-state index contributed by atoms with van der Waals surface area (Å²) in [5.41, 5.74) is -1.46. The van der Waals surface area contributed by atoms with Gasteiger partial charge in [-0.2, -0.15) is 0 Å². The van der Waals surface area contributed by atoms with Gasteiger partial charge in [-0.25, -0.2) is 0 Å². The Morgan fingerprint density at radius 3 is 2.16 bits per heavy atom. The van der Waals surface area contributed by atoms with E-state index in [0.717, 1.165) is 25.7 Å². The van der Waals surface area contributed by atoms with E-state index in [-0.39, 0.29) is 11.9 Å². The summed E-state index contributed by atoms with van der Waals surface area (Å²) in [6.07, 6.45) is 4.92. The second-order valence-electron chi connectivity index (χ2n) is 8.31. The summed E-state index contributed by atoms with van der Waals surface area (Å²) in [5.74, 6) is 1.03. The lowest BCUT2D eigenvalue weighted by atomic mass is 9.48. The molecule has 0 heterocycles. The Balaban J connectivity index is 1.89. The van der Waals surface area contributed by atoms with Crippen molar-refractivity contribution in [2.24, 2.45) is 23.2 Å². The summed E-state index contributed by atoms with van der Waals surface area (Å²) in [6, 6.07) is 0. The summed E-state index contributed by atoms with van der Waals surface area (Å²) in [7, 11) is 0. The van der Waals surface area contributed by atoms with Gasteiger partial charge in [0.1, 0.15) is 5.60 Å². The molecule has 4 rings (SSSR count). The van der Waals surface area contributed by atoms with E-state index in [0.29, 0.717) is 11.8 Å². The van der Waals surface area contributed by atoms with Crippen molar-refractivity contribution in [2.45, 2.75) is 71.0 Å². The Morgan fingerprint density at radius 1 is 1.16 bits per heavy atom. The number of esters is 1. The molecule has 1 N–H and O–H groups in total. The van der Waals surface area contributed by atoms with Gasteiger partial charge in [0.05, 0.1) is 11.0 Å². The maximum atomic E-state index is 12.3. The largest absolute Gasteiger partial charge is 0.458 e. The third-order valence-corrected chi connectivity index (χ3v) is 5.72. The maximum Gasteiger partial charge on any atom is 0.311 e. The molecule has 3 nitrogen and oxygen atoms in total. The second-order valence-corrected chi connectivity index (χ2v) is 8.31. The Kier molecular flexibility index (Phi) is 2.65. The molecule has 3 atom stereocenters. The average molecular weight is 266 g/mol. The minimum atomic E-state index is -0.595. The number of carbonyl (C=O) groups is 1. The molecule has 0 saturated heterocycles. The highest BCUT2D eigenvalue weighted by Crippen LogP contribution is 2.61. The first-order chi connectivity index (χ1) is 8.65. The van der Waals surface area contributed by atoms with Crippen molar-refractivity contribution in [3.05, 3.63) is 0 Å². The zero-order chi connectivity index (χ0) is 14.1. The lowest BCUT2D eigenvalue weighted by Crippen LogP contribution is -2.66. The maximum absolute atomic E-state index is 12.3. The van der Waals surface area contributed by atoms with E-state index in [1.165, 1.54) is 6.42 Å². The van der Waals surface area contributed by atoms with Crippen LogP contribution in [0.25, 0.3) is 0 Å². The molecule has 0 aromatic rings. The lowest BCUT2D eigenvalue weighted by Gasteiger charge is -2.63. The lowest BCUT2D eigenvalue weighted by molar-refractivity contribution is -0.255. The molecule has 0 aromatic carbocycles. The van der Waals surface area contributed by atoms with Crippen LogP contribution in [-0.4, -0.2) is 22.3 Å². The Morgan fingerprint density at radius 2 is 1.68 bits per heavy atom. The van der Waals surface area contributed by atoms with Crippen molar-refractivity contribution < 1.29 is 14.6 Å². The number of aliphatic hydroxyl groups is 1. The molecule has 0 aromatic heterocycles. The molecular formula is C16H26O3. The zero-order valence-corrected chi connectivity index (χ0v) is 12.5. The van der Waals surface area contributed by atoms with Gasteiger partial charge < -0.3 is 9.84 Å². The average Bonchev–Trinajstić information content (AvgIpc) is 2.23. The normalized spacial score (nSPS) is 48.4. The van der Waals surface area contributed by atoms with Crippen LogP contribution in [0.3, 0.4) is 0 Å². The van der Waals surface area contributed by atoms with Crippen molar-refractivity contribution in [3.63, 3.8) is 0 Å². The van der Waals surface area contributed by atoms with E-state index in [1.807, 2.05) is 20.8 Å². The van der Waals surface area contributed by atoms with Crippen molar-refractivity contribution in [3.8, 4) is 0 Å². The van der Waals surface area contributed by atoms with Crippen LogP contribution in [0.15, 0.2) is 0 Å². The monoisotopic (exact) mass is 266 g/mol. The van der Waals surface area contributed by atoms with Crippen LogP contribution < -0.4 is 0 Å². The van der Waals surface area contributed by atoms with E-state index < -0.39 is 16.6 Å². The highest BCUT2D eigenvalue weighted by Gasteiger charge is 2.64. The molecule has 4 aliphatic rings. The fourth-order valence-electron chi connectivity index (χ4n) is 4.80. The van der Waals surface area contributed by atoms with Crippen molar-refractivity contribution in [1.82, 2.24) is 0 Å². The first kappa shape index (κ1) is 13.4. The predicted molar refractivity (Wildman–Crippen MR) is 72.5 cm³/mol. The smallest absolute Gasteiger partial charge is 0.311 e. The molecule has 4 fully saturated rings. The van der Waals surface area contributed by atoms with E-state index in [4.69, 9.17) is 4.74 Å². The van der Waals surface area contributed by atoms with Crippen molar-refractivity contribution >= 4 is 5.97 Å². The summed E-state index contributed by atoms with van der Waals surface area (Å²) in [5, 5.41) is 10.9. The molecule has 3 heteroatoms. The molecule has 0 spiro atoms. The van der Waals surface area contributed by atoms with E-state index in [2.05, 4.69) is 6.92 Å². The third-order valence-electron chi connectivity index (χ3n) is 5.72. The predicted octanol–water partition coefficient (Wildman–Crippen LogP) is 2.91. The third kappa shape index (κ3) is 1.93. The van der Waals surface area contributed by atoms with Gasteiger partial charge in [-0.15, -0.1) is 0 Å². The summed E-state index contributed by atoms with van der Waals surface area (Å²) in [6.45, 7) is 7.77. The van der Waals surface area contributed by atoms with Crippen LogP contribution in [0.4, 0.5) is 0 Å². The van der Waals surface area contributed by atoms with E-state index >= 15 is 0 Å². The van der Waals surface area contributed by atoms with Gasteiger partial charge in [-0.1, -0.05) is 6.92 Å². The molecule has 3 unspecified atom stereocenters. The SMILES string of the molecule is CC1C2(O)CC3CC(C2)CC1(OC(=O)C(C)(C)C)C3. The number of hydrogen-bond donors (Lipinski definition) is 1. The van der Waals surface area contributed by atoms with Gasteiger partial charge in [0.2, 0.25) is 0 Å². The fraction of sp³-hybridized carbons (Fsp3) is 0.938. The highest BCUT2D eigenvalue weighted by atomic mass is 16.6. The fourth-order valence-corrected chi connectivity index (χ4v) is 4.80. The second kappa shape index (κ2) is 3.75. The van der Waals surface area contributed by atoms with E-state index in [9.17, 15) is 9.90 Å². The molecule has 0 amide bonds. The van der Waals surface area contributed by atoms with Gasteiger partial charge in [0.25, 0.3) is 0 Å². The summed E-state index contributed by atoms with van der Waals surface area (Å²) >= 11 is 0. The Bertz CT molecular complexity index is 393. The first-order valence-electron chi connectivity index (χ1n) is 7.60.